The van der Waals surface area contributed by atoms with Crippen molar-refractivity contribution in [1.82, 2.24) is 9.88 Å². The van der Waals surface area contributed by atoms with Gasteiger partial charge in [0.1, 0.15) is 6.10 Å². The molecule has 0 bridgehead atoms. The van der Waals surface area contributed by atoms with Gasteiger partial charge in [0, 0.05) is 41.7 Å². The third-order valence-corrected chi connectivity index (χ3v) is 5.90. The number of hydrogen-bond donors (Lipinski definition) is 0. The van der Waals surface area contributed by atoms with Crippen LogP contribution in [0.5, 0.6) is 0 Å². The van der Waals surface area contributed by atoms with Crippen LogP contribution in [0.2, 0.25) is 0 Å². The maximum Gasteiger partial charge on any atom is 0.100 e. The van der Waals surface area contributed by atoms with Gasteiger partial charge in [0.25, 0.3) is 0 Å². The van der Waals surface area contributed by atoms with Crippen LogP contribution in [0.15, 0.2) is 36.5 Å². The lowest BCUT2D eigenvalue weighted by Gasteiger charge is -2.32. The van der Waals surface area contributed by atoms with E-state index in [1.165, 1.54) is 16.2 Å². The largest absolute Gasteiger partial charge is 0.374 e. The van der Waals surface area contributed by atoms with Crippen LogP contribution in [0.4, 0.5) is 0 Å². The van der Waals surface area contributed by atoms with Gasteiger partial charge in [-0.15, -0.1) is 11.3 Å². The van der Waals surface area contributed by atoms with Crippen LogP contribution >= 0.6 is 11.3 Å². The minimum absolute atomic E-state index is 0.137. The van der Waals surface area contributed by atoms with E-state index in [0.717, 1.165) is 31.8 Å². The van der Waals surface area contributed by atoms with Gasteiger partial charge < -0.3 is 9.47 Å². The molecule has 0 radical (unpaired) electrons. The minimum atomic E-state index is 0.137. The number of pyridine rings is 1. The van der Waals surface area contributed by atoms with E-state index >= 15 is 0 Å². The first-order valence-corrected chi connectivity index (χ1v) is 9.54. The first-order chi connectivity index (χ1) is 11.8. The maximum atomic E-state index is 6.21. The number of ether oxygens (including phenoxy) is 2. The molecule has 0 aliphatic carbocycles. The second-order valence-electron chi connectivity index (χ2n) is 6.66. The fourth-order valence-electron chi connectivity index (χ4n) is 3.78. The summed E-state index contributed by atoms with van der Waals surface area (Å²) in [5.41, 5.74) is 0.984. The Hall–Kier alpha value is -1.27. The van der Waals surface area contributed by atoms with Crippen molar-refractivity contribution in [2.24, 2.45) is 0 Å². The molecule has 128 valence electrons. The number of hydrogen-bond acceptors (Lipinski definition) is 5. The SMILES string of the molecule is Cc1ccc(CN2C[C@@H](OCc3ccccn3)[C@H]3OCCC[C@H]32)s1. The van der Waals surface area contributed by atoms with E-state index in [-0.39, 0.29) is 12.2 Å². The zero-order valence-electron chi connectivity index (χ0n) is 14.1. The number of aryl methyl sites for hydroxylation is 1. The van der Waals surface area contributed by atoms with Gasteiger partial charge in [-0.05, 0) is 44.0 Å². The minimum Gasteiger partial charge on any atom is -0.374 e. The van der Waals surface area contributed by atoms with E-state index in [0.29, 0.717) is 12.6 Å². The van der Waals surface area contributed by atoms with E-state index in [2.05, 4.69) is 28.9 Å². The summed E-state index contributed by atoms with van der Waals surface area (Å²) in [5.74, 6) is 0. The quantitative estimate of drug-likeness (QED) is 0.833. The van der Waals surface area contributed by atoms with Crippen LogP contribution < -0.4 is 0 Å². The van der Waals surface area contributed by atoms with E-state index in [4.69, 9.17) is 9.47 Å². The van der Waals surface area contributed by atoms with E-state index in [1.54, 1.807) is 0 Å². The molecule has 0 spiro atoms. The summed E-state index contributed by atoms with van der Waals surface area (Å²) < 4.78 is 12.3. The Bertz CT molecular complexity index is 660. The highest BCUT2D eigenvalue weighted by Gasteiger charge is 2.44. The van der Waals surface area contributed by atoms with Gasteiger partial charge in [0.15, 0.2) is 0 Å². The summed E-state index contributed by atoms with van der Waals surface area (Å²) >= 11 is 1.89. The summed E-state index contributed by atoms with van der Waals surface area (Å²) in [6, 6.07) is 10.9. The van der Waals surface area contributed by atoms with Crippen molar-refractivity contribution in [2.45, 2.75) is 51.2 Å². The number of aromatic nitrogens is 1. The van der Waals surface area contributed by atoms with Crippen molar-refractivity contribution in [2.75, 3.05) is 13.2 Å². The smallest absolute Gasteiger partial charge is 0.100 e. The molecule has 5 heteroatoms. The molecule has 4 heterocycles. The number of fused-ring (bicyclic) bond motifs is 1. The van der Waals surface area contributed by atoms with Crippen LogP contribution in [-0.2, 0) is 22.6 Å². The predicted molar refractivity (Wildman–Crippen MR) is 95.0 cm³/mol. The van der Waals surface area contributed by atoms with E-state index in [1.807, 2.05) is 35.7 Å². The standard InChI is InChI=1S/C19H24N2O2S/c1-14-7-8-16(24-14)11-21-12-18(19-17(21)6-4-10-22-19)23-13-15-5-2-3-9-20-15/h2-3,5,7-9,17-19H,4,6,10-13H2,1H3/t17-,18-,19+/m1/s1. The molecule has 0 amide bonds. The monoisotopic (exact) mass is 344 g/mol. The number of thiophene rings is 1. The topological polar surface area (TPSA) is 34.6 Å². The molecule has 0 N–H and O–H groups in total. The molecule has 2 aromatic heterocycles. The van der Waals surface area contributed by atoms with Gasteiger partial charge in [0.05, 0.1) is 18.4 Å². The average Bonchev–Trinajstić information content (AvgIpc) is 3.18. The summed E-state index contributed by atoms with van der Waals surface area (Å²) in [6.07, 6.45) is 4.51. The van der Waals surface area contributed by atoms with Crippen molar-refractivity contribution in [3.63, 3.8) is 0 Å². The first-order valence-electron chi connectivity index (χ1n) is 8.72. The Balaban J connectivity index is 1.42. The first kappa shape index (κ1) is 16.2. The van der Waals surface area contributed by atoms with Gasteiger partial charge in [-0.1, -0.05) is 6.07 Å². The highest BCUT2D eigenvalue weighted by Crippen LogP contribution is 2.33. The molecule has 0 saturated carbocycles. The summed E-state index contributed by atoms with van der Waals surface area (Å²) in [6.45, 7) is 5.54. The molecular formula is C19H24N2O2S. The summed E-state index contributed by atoms with van der Waals surface area (Å²) in [7, 11) is 0. The molecule has 2 aliphatic rings. The fraction of sp³-hybridized carbons (Fsp3) is 0.526. The van der Waals surface area contributed by atoms with Gasteiger partial charge in [0.2, 0.25) is 0 Å². The van der Waals surface area contributed by atoms with Crippen molar-refractivity contribution in [1.29, 1.82) is 0 Å². The van der Waals surface area contributed by atoms with Crippen LogP contribution in [0.3, 0.4) is 0 Å². The Morgan fingerprint density at radius 2 is 2.29 bits per heavy atom. The van der Waals surface area contributed by atoms with Gasteiger partial charge in [-0.2, -0.15) is 0 Å². The van der Waals surface area contributed by atoms with Crippen molar-refractivity contribution >= 4 is 11.3 Å². The normalized spacial score (nSPS) is 27.3. The van der Waals surface area contributed by atoms with Gasteiger partial charge in [-0.3, -0.25) is 9.88 Å². The number of rotatable bonds is 5. The van der Waals surface area contributed by atoms with Crippen LogP contribution in [0.25, 0.3) is 0 Å². The highest BCUT2D eigenvalue weighted by atomic mass is 32.1. The summed E-state index contributed by atoms with van der Waals surface area (Å²) in [5, 5.41) is 0. The fourth-order valence-corrected chi connectivity index (χ4v) is 4.69. The van der Waals surface area contributed by atoms with Crippen LogP contribution in [-0.4, -0.2) is 41.3 Å². The average molecular weight is 344 g/mol. The molecular weight excluding hydrogens is 320 g/mol. The second-order valence-corrected chi connectivity index (χ2v) is 8.03. The maximum absolute atomic E-state index is 6.21. The molecule has 24 heavy (non-hydrogen) atoms. The lowest BCUT2D eigenvalue weighted by Crippen LogP contribution is -2.41. The molecule has 0 unspecified atom stereocenters. The van der Waals surface area contributed by atoms with Crippen LogP contribution in [0.1, 0.15) is 28.3 Å². The Morgan fingerprint density at radius 1 is 1.33 bits per heavy atom. The number of nitrogens with zero attached hydrogens (tertiary/aromatic N) is 2. The molecule has 2 saturated heterocycles. The molecule has 3 atom stereocenters. The molecule has 0 aromatic carbocycles. The second kappa shape index (κ2) is 7.31. The number of likely N-dealkylation sites (tertiary alicyclic amines) is 1. The predicted octanol–water partition coefficient (Wildman–Crippen LogP) is 3.40. The van der Waals surface area contributed by atoms with Crippen molar-refractivity contribution in [3.8, 4) is 0 Å². The van der Waals surface area contributed by atoms with E-state index < -0.39 is 0 Å². The molecule has 4 nitrogen and oxygen atoms in total. The molecule has 2 aliphatic heterocycles. The summed E-state index contributed by atoms with van der Waals surface area (Å²) in [4.78, 5) is 9.72. The van der Waals surface area contributed by atoms with Crippen molar-refractivity contribution < 1.29 is 9.47 Å². The highest BCUT2D eigenvalue weighted by molar-refractivity contribution is 7.11. The molecule has 4 rings (SSSR count). The zero-order chi connectivity index (χ0) is 16.4. The lowest BCUT2D eigenvalue weighted by molar-refractivity contribution is -0.0823. The van der Waals surface area contributed by atoms with Gasteiger partial charge >= 0.3 is 0 Å². The van der Waals surface area contributed by atoms with Gasteiger partial charge in [-0.25, -0.2) is 0 Å². The molecule has 2 fully saturated rings. The Morgan fingerprint density at radius 3 is 3.08 bits per heavy atom. The third kappa shape index (κ3) is 3.54. The zero-order valence-corrected chi connectivity index (χ0v) is 14.9. The van der Waals surface area contributed by atoms with Crippen molar-refractivity contribution in [3.05, 3.63) is 52.0 Å². The Kier molecular flexibility index (Phi) is 4.94. The van der Waals surface area contributed by atoms with E-state index in [9.17, 15) is 0 Å². The molecule has 2 aromatic rings. The third-order valence-electron chi connectivity index (χ3n) is 4.91. The van der Waals surface area contributed by atoms with Crippen LogP contribution in [0, 0.1) is 6.92 Å². The Labute approximate surface area is 147 Å². The lowest BCUT2D eigenvalue weighted by atomic mass is 10.0.